The van der Waals surface area contributed by atoms with E-state index in [2.05, 4.69) is 4.98 Å². The van der Waals surface area contributed by atoms with Crippen molar-refractivity contribution in [2.24, 2.45) is 7.05 Å². The van der Waals surface area contributed by atoms with E-state index in [0.29, 0.717) is 12.8 Å². The van der Waals surface area contributed by atoms with Gasteiger partial charge in [-0.3, -0.25) is 4.79 Å². The minimum absolute atomic E-state index is 0.202. The first-order valence-electron chi connectivity index (χ1n) is 5.69. The van der Waals surface area contributed by atoms with Gasteiger partial charge in [0.15, 0.2) is 0 Å². The summed E-state index contributed by atoms with van der Waals surface area (Å²) in [6.45, 7) is 2.03. The highest BCUT2D eigenvalue weighted by atomic mass is 16.1. The quantitative estimate of drug-likeness (QED) is 0.803. The molecular weight excluding hydrogens is 212 g/mol. The van der Waals surface area contributed by atoms with Gasteiger partial charge in [-0.1, -0.05) is 24.3 Å². The van der Waals surface area contributed by atoms with Crippen molar-refractivity contribution in [1.82, 2.24) is 9.55 Å². The van der Waals surface area contributed by atoms with Gasteiger partial charge < -0.3 is 4.57 Å². The minimum Gasteiger partial charge on any atom is -0.338 e. The van der Waals surface area contributed by atoms with Gasteiger partial charge in [0.05, 0.1) is 6.42 Å². The van der Waals surface area contributed by atoms with Crippen molar-refractivity contribution < 1.29 is 4.79 Å². The Bertz CT molecular complexity index is 529. The molecule has 17 heavy (non-hydrogen) atoms. The van der Waals surface area contributed by atoms with Crippen LogP contribution in [0, 0.1) is 6.92 Å². The molecule has 0 spiro atoms. The molecule has 0 saturated carbocycles. The molecule has 0 aliphatic rings. The Morgan fingerprint density at radius 1 is 1.29 bits per heavy atom. The summed E-state index contributed by atoms with van der Waals surface area (Å²) >= 11 is 0. The third-order valence-electron chi connectivity index (χ3n) is 2.93. The summed E-state index contributed by atoms with van der Waals surface area (Å²) in [7, 11) is 1.91. The summed E-state index contributed by atoms with van der Waals surface area (Å²) in [6.07, 6.45) is 4.46. The van der Waals surface area contributed by atoms with Crippen LogP contribution in [0.2, 0.25) is 0 Å². The fourth-order valence-electron chi connectivity index (χ4n) is 1.83. The summed E-state index contributed by atoms with van der Waals surface area (Å²) in [4.78, 5) is 16.1. The molecule has 0 saturated heterocycles. The molecule has 0 N–H and O–H groups in total. The molecule has 0 aliphatic heterocycles. The topological polar surface area (TPSA) is 34.9 Å². The van der Waals surface area contributed by atoms with E-state index >= 15 is 0 Å². The average Bonchev–Trinajstić information content (AvgIpc) is 2.68. The van der Waals surface area contributed by atoms with Crippen LogP contribution >= 0.6 is 0 Å². The van der Waals surface area contributed by atoms with Crippen LogP contribution in [-0.4, -0.2) is 15.3 Å². The monoisotopic (exact) mass is 228 g/mol. The lowest BCUT2D eigenvalue weighted by molar-refractivity contribution is -0.117. The number of carbonyl (C=O) groups excluding carboxylic acids is 1. The second-order valence-corrected chi connectivity index (χ2v) is 4.27. The van der Waals surface area contributed by atoms with E-state index in [1.807, 2.05) is 49.0 Å². The lowest BCUT2D eigenvalue weighted by Crippen LogP contribution is -2.11. The van der Waals surface area contributed by atoms with E-state index in [1.165, 1.54) is 5.56 Å². The molecule has 0 aliphatic carbocycles. The number of ketones is 1. The van der Waals surface area contributed by atoms with Crippen molar-refractivity contribution in [3.05, 3.63) is 53.6 Å². The second-order valence-electron chi connectivity index (χ2n) is 4.27. The van der Waals surface area contributed by atoms with Gasteiger partial charge in [0.25, 0.3) is 0 Å². The van der Waals surface area contributed by atoms with Gasteiger partial charge in [-0.25, -0.2) is 4.98 Å². The summed E-state index contributed by atoms with van der Waals surface area (Å²) in [5, 5.41) is 0. The highest BCUT2D eigenvalue weighted by Crippen LogP contribution is 2.09. The molecule has 0 fully saturated rings. The van der Waals surface area contributed by atoms with E-state index in [9.17, 15) is 4.79 Å². The Morgan fingerprint density at radius 3 is 2.71 bits per heavy atom. The number of aromatic nitrogens is 2. The zero-order valence-electron chi connectivity index (χ0n) is 10.2. The van der Waals surface area contributed by atoms with Gasteiger partial charge in [0.2, 0.25) is 0 Å². The SMILES string of the molecule is Cc1ccccc1CC(=O)Cc1nccn1C. The largest absolute Gasteiger partial charge is 0.338 e. The number of hydrogen-bond acceptors (Lipinski definition) is 2. The van der Waals surface area contributed by atoms with Crippen LogP contribution < -0.4 is 0 Å². The molecule has 1 aromatic carbocycles. The predicted molar refractivity (Wildman–Crippen MR) is 66.8 cm³/mol. The fraction of sp³-hybridized carbons (Fsp3) is 0.286. The third-order valence-corrected chi connectivity index (χ3v) is 2.93. The lowest BCUT2D eigenvalue weighted by Gasteiger charge is -2.05. The number of hydrogen-bond donors (Lipinski definition) is 0. The molecule has 3 nitrogen and oxygen atoms in total. The molecule has 0 amide bonds. The molecule has 0 radical (unpaired) electrons. The average molecular weight is 228 g/mol. The molecule has 0 atom stereocenters. The fourth-order valence-corrected chi connectivity index (χ4v) is 1.83. The summed E-state index contributed by atoms with van der Waals surface area (Å²) in [5.74, 6) is 1.03. The Hall–Kier alpha value is -1.90. The first-order valence-corrected chi connectivity index (χ1v) is 5.69. The molecule has 0 bridgehead atoms. The van der Waals surface area contributed by atoms with E-state index in [4.69, 9.17) is 0 Å². The number of rotatable bonds is 4. The van der Waals surface area contributed by atoms with Crippen LogP contribution in [0.5, 0.6) is 0 Å². The molecular formula is C14H16N2O. The van der Waals surface area contributed by atoms with E-state index < -0.39 is 0 Å². The van der Waals surface area contributed by atoms with Crippen molar-refractivity contribution in [1.29, 1.82) is 0 Å². The third kappa shape index (κ3) is 2.81. The molecule has 0 unspecified atom stereocenters. The van der Waals surface area contributed by atoms with Crippen LogP contribution in [-0.2, 0) is 24.7 Å². The van der Waals surface area contributed by atoms with Crippen molar-refractivity contribution in [3.63, 3.8) is 0 Å². The zero-order valence-corrected chi connectivity index (χ0v) is 10.2. The molecule has 2 rings (SSSR count). The zero-order chi connectivity index (χ0) is 12.3. The maximum absolute atomic E-state index is 11.9. The number of imidazole rings is 1. The Morgan fingerprint density at radius 2 is 2.06 bits per heavy atom. The van der Waals surface area contributed by atoms with Crippen LogP contribution in [0.25, 0.3) is 0 Å². The maximum Gasteiger partial charge on any atom is 0.144 e. The van der Waals surface area contributed by atoms with Gasteiger partial charge in [-0.05, 0) is 18.1 Å². The highest BCUT2D eigenvalue weighted by Gasteiger charge is 2.09. The van der Waals surface area contributed by atoms with E-state index in [1.54, 1.807) is 6.20 Å². The Balaban J connectivity index is 2.03. The van der Waals surface area contributed by atoms with Crippen LogP contribution in [0.4, 0.5) is 0 Å². The smallest absolute Gasteiger partial charge is 0.144 e. The highest BCUT2D eigenvalue weighted by molar-refractivity contribution is 5.82. The normalized spacial score (nSPS) is 10.5. The van der Waals surface area contributed by atoms with Gasteiger partial charge in [-0.15, -0.1) is 0 Å². The number of nitrogens with zero attached hydrogens (tertiary/aromatic N) is 2. The Kier molecular flexibility index (Phi) is 3.38. The van der Waals surface area contributed by atoms with Crippen molar-refractivity contribution in [2.45, 2.75) is 19.8 Å². The van der Waals surface area contributed by atoms with Crippen LogP contribution in [0.3, 0.4) is 0 Å². The van der Waals surface area contributed by atoms with Gasteiger partial charge >= 0.3 is 0 Å². The number of aryl methyl sites for hydroxylation is 2. The molecule has 2 aromatic rings. The Labute approximate surface area is 101 Å². The van der Waals surface area contributed by atoms with Crippen molar-refractivity contribution >= 4 is 5.78 Å². The first kappa shape index (κ1) is 11.6. The first-order chi connectivity index (χ1) is 8.16. The molecule has 1 aromatic heterocycles. The minimum atomic E-state index is 0.202. The van der Waals surface area contributed by atoms with Gasteiger partial charge in [-0.2, -0.15) is 0 Å². The lowest BCUT2D eigenvalue weighted by atomic mass is 10.0. The van der Waals surface area contributed by atoms with Crippen LogP contribution in [0.1, 0.15) is 17.0 Å². The summed E-state index contributed by atoms with van der Waals surface area (Å²) < 4.78 is 1.88. The predicted octanol–water partition coefficient (Wildman–Crippen LogP) is 2.08. The summed E-state index contributed by atoms with van der Waals surface area (Å²) in [6, 6.07) is 7.99. The van der Waals surface area contributed by atoms with Crippen LogP contribution in [0.15, 0.2) is 36.7 Å². The standard InChI is InChI=1S/C14H16N2O/c1-11-5-3-4-6-12(11)9-13(17)10-14-15-7-8-16(14)2/h3-8H,9-10H2,1-2H3. The maximum atomic E-state index is 11.9. The summed E-state index contributed by atoms with van der Waals surface area (Å²) in [5.41, 5.74) is 2.27. The van der Waals surface area contributed by atoms with E-state index in [0.717, 1.165) is 11.4 Å². The molecule has 88 valence electrons. The van der Waals surface area contributed by atoms with Crippen molar-refractivity contribution in [3.8, 4) is 0 Å². The van der Waals surface area contributed by atoms with Gasteiger partial charge in [0.1, 0.15) is 11.6 Å². The molecule has 3 heteroatoms. The number of Topliss-reactive ketones (excluding diaryl/α,β-unsaturated/α-hetero) is 1. The van der Waals surface area contributed by atoms with Crippen molar-refractivity contribution in [2.75, 3.05) is 0 Å². The number of benzene rings is 1. The van der Waals surface area contributed by atoms with E-state index in [-0.39, 0.29) is 5.78 Å². The second kappa shape index (κ2) is 4.95. The molecule has 1 heterocycles. The number of carbonyl (C=O) groups is 1. The van der Waals surface area contributed by atoms with Gasteiger partial charge in [0, 0.05) is 25.9 Å².